The van der Waals surface area contributed by atoms with Crippen molar-refractivity contribution in [3.05, 3.63) is 58.4 Å². The van der Waals surface area contributed by atoms with Crippen LogP contribution in [0.15, 0.2) is 52.9 Å². The van der Waals surface area contributed by atoms with E-state index in [-0.39, 0.29) is 5.78 Å². The minimum Gasteiger partial charge on any atom is -0.294 e. The Kier molecular flexibility index (Phi) is 4.36. The molecule has 0 fully saturated rings. The zero-order valence-electron chi connectivity index (χ0n) is 11.5. The first-order chi connectivity index (χ1) is 10.3. The van der Waals surface area contributed by atoms with Crippen molar-refractivity contribution < 1.29 is 4.79 Å². The number of aryl methyl sites for hydroxylation is 1. The van der Waals surface area contributed by atoms with Gasteiger partial charge in [0.05, 0.1) is 5.52 Å². The van der Waals surface area contributed by atoms with Gasteiger partial charge in [0, 0.05) is 33.3 Å². The van der Waals surface area contributed by atoms with Crippen LogP contribution in [0.2, 0.25) is 0 Å². The Morgan fingerprint density at radius 1 is 1.19 bits per heavy atom. The standard InChI is InChI=1S/C17H15NOS2/c19-15(7-1-4-12-5-3-11-21-12)13-9-10-18-17-14(13)6-2-8-16(17)20/h2-3,5-6,8-11,20H,1,4,7H2. The van der Waals surface area contributed by atoms with Crippen molar-refractivity contribution >= 4 is 40.7 Å². The van der Waals surface area contributed by atoms with E-state index in [2.05, 4.69) is 29.1 Å². The largest absolute Gasteiger partial charge is 0.294 e. The first kappa shape index (κ1) is 14.3. The van der Waals surface area contributed by atoms with Crippen LogP contribution in [0.3, 0.4) is 0 Å². The Balaban J connectivity index is 1.77. The fourth-order valence-electron chi connectivity index (χ4n) is 2.42. The number of hydrogen-bond donors (Lipinski definition) is 1. The van der Waals surface area contributed by atoms with Gasteiger partial charge in [0.2, 0.25) is 0 Å². The molecule has 0 amide bonds. The summed E-state index contributed by atoms with van der Waals surface area (Å²) in [4.78, 5) is 18.9. The number of rotatable bonds is 5. The van der Waals surface area contributed by atoms with E-state index in [9.17, 15) is 4.79 Å². The van der Waals surface area contributed by atoms with Crippen LogP contribution in [0, 0.1) is 0 Å². The van der Waals surface area contributed by atoms with E-state index in [1.165, 1.54) is 4.88 Å². The third-order valence-corrected chi connectivity index (χ3v) is 4.75. The Labute approximate surface area is 133 Å². The monoisotopic (exact) mass is 313 g/mol. The number of ketones is 1. The molecule has 3 rings (SSSR count). The van der Waals surface area contributed by atoms with E-state index in [1.807, 2.05) is 30.3 Å². The lowest BCUT2D eigenvalue weighted by Gasteiger charge is -2.06. The molecule has 2 heterocycles. The molecule has 21 heavy (non-hydrogen) atoms. The number of aromatic nitrogens is 1. The molecule has 3 aromatic rings. The van der Waals surface area contributed by atoms with Crippen LogP contribution < -0.4 is 0 Å². The average Bonchev–Trinajstić information content (AvgIpc) is 3.00. The molecule has 0 aliphatic heterocycles. The number of nitrogens with zero attached hydrogens (tertiary/aromatic N) is 1. The predicted molar refractivity (Wildman–Crippen MR) is 90.6 cm³/mol. The zero-order valence-corrected chi connectivity index (χ0v) is 13.2. The van der Waals surface area contributed by atoms with Crippen molar-refractivity contribution in [2.45, 2.75) is 24.2 Å². The van der Waals surface area contributed by atoms with Gasteiger partial charge in [-0.25, -0.2) is 0 Å². The number of thiol groups is 1. The maximum Gasteiger partial charge on any atom is 0.163 e. The van der Waals surface area contributed by atoms with Gasteiger partial charge >= 0.3 is 0 Å². The Hall–Kier alpha value is -1.65. The van der Waals surface area contributed by atoms with Gasteiger partial charge in [0.25, 0.3) is 0 Å². The molecule has 0 spiro atoms. The maximum atomic E-state index is 12.4. The Morgan fingerprint density at radius 3 is 2.90 bits per heavy atom. The Bertz CT molecular complexity index is 766. The van der Waals surface area contributed by atoms with Crippen LogP contribution in [0.5, 0.6) is 0 Å². The molecular weight excluding hydrogens is 298 g/mol. The van der Waals surface area contributed by atoms with Crippen LogP contribution >= 0.6 is 24.0 Å². The lowest BCUT2D eigenvalue weighted by atomic mass is 10.0. The van der Waals surface area contributed by atoms with E-state index in [0.717, 1.165) is 34.2 Å². The highest BCUT2D eigenvalue weighted by atomic mass is 32.1. The van der Waals surface area contributed by atoms with Gasteiger partial charge in [-0.3, -0.25) is 9.78 Å². The normalized spacial score (nSPS) is 10.9. The number of thiophene rings is 1. The third kappa shape index (κ3) is 3.17. The van der Waals surface area contributed by atoms with Gasteiger partial charge in [-0.05, 0) is 36.4 Å². The summed E-state index contributed by atoms with van der Waals surface area (Å²) in [5.74, 6) is 0.179. The van der Waals surface area contributed by atoms with Crippen LogP contribution in [-0.2, 0) is 6.42 Å². The number of benzene rings is 1. The second-order valence-corrected chi connectivity index (χ2v) is 6.40. The highest BCUT2D eigenvalue weighted by Gasteiger charge is 2.11. The van der Waals surface area contributed by atoms with Gasteiger partial charge in [-0.15, -0.1) is 24.0 Å². The summed E-state index contributed by atoms with van der Waals surface area (Å²) in [7, 11) is 0. The predicted octanol–water partition coefficient (Wildman–Crippen LogP) is 4.79. The quantitative estimate of drug-likeness (QED) is 0.542. The summed E-state index contributed by atoms with van der Waals surface area (Å²) in [5.41, 5.74) is 1.55. The number of carbonyl (C=O) groups excluding carboxylic acids is 1. The number of pyridine rings is 1. The van der Waals surface area contributed by atoms with E-state index in [1.54, 1.807) is 17.5 Å². The third-order valence-electron chi connectivity index (χ3n) is 3.46. The van der Waals surface area contributed by atoms with E-state index >= 15 is 0 Å². The lowest BCUT2D eigenvalue weighted by Crippen LogP contribution is -2.01. The second kappa shape index (κ2) is 6.41. The SMILES string of the molecule is O=C(CCCc1cccs1)c1ccnc2c(S)cccc12. The average molecular weight is 313 g/mol. The topological polar surface area (TPSA) is 30.0 Å². The molecule has 0 atom stereocenters. The summed E-state index contributed by atoms with van der Waals surface area (Å²) in [6, 6.07) is 11.7. The van der Waals surface area contributed by atoms with Crippen molar-refractivity contribution in [2.24, 2.45) is 0 Å². The second-order valence-electron chi connectivity index (χ2n) is 4.89. The van der Waals surface area contributed by atoms with Crippen molar-refractivity contribution in [1.29, 1.82) is 0 Å². The molecule has 1 aromatic carbocycles. The van der Waals surface area contributed by atoms with Gasteiger partial charge in [-0.1, -0.05) is 18.2 Å². The number of fused-ring (bicyclic) bond motifs is 1. The molecule has 0 radical (unpaired) electrons. The summed E-state index contributed by atoms with van der Waals surface area (Å²) in [5, 5.41) is 2.97. The van der Waals surface area contributed by atoms with Gasteiger partial charge in [-0.2, -0.15) is 0 Å². The molecule has 2 nitrogen and oxygen atoms in total. The van der Waals surface area contributed by atoms with Crippen LogP contribution in [0.25, 0.3) is 10.9 Å². The number of hydrogen-bond acceptors (Lipinski definition) is 4. The molecule has 0 aliphatic carbocycles. The van der Waals surface area contributed by atoms with Crippen molar-refractivity contribution in [3.8, 4) is 0 Å². The van der Waals surface area contributed by atoms with Crippen molar-refractivity contribution in [2.75, 3.05) is 0 Å². The fourth-order valence-corrected chi connectivity index (χ4v) is 3.43. The van der Waals surface area contributed by atoms with Gasteiger partial charge in [0.1, 0.15) is 0 Å². The summed E-state index contributed by atoms with van der Waals surface area (Å²) < 4.78 is 0. The van der Waals surface area contributed by atoms with Crippen LogP contribution in [0.4, 0.5) is 0 Å². The van der Waals surface area contributed by atoms with E-state index in [4.69, 9.17) is 0 Å². The molecule has 2 aromatic heterocycles. The van der Waals surface area contributed by atoms with Gasteiger partial charge < -0.3 is 0 Å². The molecule has 106 valence electrons. The Morgan fingerprint density at radius 2 is 2.10 bits per heavy atom. The molecular formula is C17H15NOS2. The van der Waals surface area contributed by atoms with E-state index in [0.29, 0.717) is 6.42 Å². The molecule has 0 bridgehead atoms. The summed E-state index contributed by atoms with van der Waals surface area (Å²) >= 11 is 6.15. The minimum atomic E-state index is 0.179. The lowest BCUT2D eigenvalue weighted by molar-refractivity contribution is 0.0982. The molecule has 0 unspecified atom stereocenters. The summed E-state index contributed by atoms with van der Waals surface area (Å²) in [6.45, 7) is 0. The molecule has 0 saturated heterocycles. The first-order valence-corrected chi connectivity index (χ1v) is 8.20. The minimum absolute atomic E-state index is 0.179. The molecule has 0 aliphatic rings. The fraction of sp³-hybridized carbons (Fsp3) is 0.176. The van der Waals surface area contributed by atoms with Crippen molar-refractivity contribution in [3.63, 3.8) is 0 Å². The van der Waals surface area contributed by atoms with Gasteiger partial charge in [0.15, 0.2) is 5.78 Å². The van der Waals surface area contributed by atoms with Crippen LogP contribution in [-0.4, -0.2) is 10.8 Å². The number of Topliss-reactive ketones (excluding diaryl/α,β-unsaturated/α-hetero) is 1. The number of para-hydroxylation sites is 1. The highest BCUT2D eigenvalue weighted by Crippen LogP contribution is 2.24. The summed E-state index contributed by atoms with van der Waals surface area (Å²) in [6.07, 6.45) is 4.09. The molecule has 4 heteroatoms. The molecule has 0 saturated carbocycles. The number of carbonyl (C=O) groups is 1. The maximum absolute atomic E-state index is 12.4. The zero-order chi connectivity index (χ0) is 14.7. The smallest absolute Gasteiger partial charge is 0.163 e. The van der Waals surface area contributed by atoms with Crippen LogP contribution in [0.1, 0.15) is 28.1 Å². The highest BCUT2D eigenvalue weighted by molar-refractivity contribution is 7.80. The van der Waals surface area contributed by atoms with E-state index < -0.39 is 0 Å². The van der Waals surface area contributed by atoms with Crippen molar-refractivity contribution in [1.82, 2.24) is 4.98 Å². The first-order valence-electron chi connectivity index (χ1n) is 6.88. The molecule has 0 N–H and O–H groups in total.